The van der Waals surface area contributed by atoms with Crippen LogP contribution >= 0.6 is 0 Å². The molecule has 0 radical (unpaired) electrons. The zero-order chi connectivity index (χ0) is 45.8. The fourth-order valence-electron chi connectivity index (χ4n) is 10.1. The molecule has 11 aromatic rings. The molecule has 66 heavy (non-hydrogen) atoms. The van der Waals surface area contributed by atoms with Crippen molar-refractivity contribution in [2.75, 3.05) is 9.80 Å². The van der Waals surface area contributed by atoms with Crippen LogP contribution in [0.1, 0.15) is 74.9 Å². The summed E-state index contributed by atoms with van der Waals surface area (Å²) in [5.74, 6) is 0. The highest BCUT2D eigenvalue weighted by atomic mass is 16.3. The summed E-state index contributed by atoms with van der Waals surface area (Å²) in [6, 6.07) is 58.0. The minimum Gasteiger partial charge on any atom is -0.456 e. The standard InChI is InChI=1S/C62H56N2O2/c1-37-15-11-16-38(2)59(37)63(47-21-13-19-45(33-47)61(5,6)7)49-25-23-41-29-51-53-35-58-54(36-57(53)65-55(51)31-43(41)27-49)52-30-42-24-26-50(28-44(42)32-56(52)66-58)64(60-39(3)17-12-18-40(60)4)48-22-14-20-46(34-48)62(8,9)10/h11-36H,1-10H3. The Bertz CT molecular complexity index is 3450. The molecule has 0 aliphatic rings. The van der Waals surface area contributed by atoms with E-state index in [1.807, 2.05) is 0 Å². The van der Waals surface area contributed by atoms with Gasteiger partial charge in [0.05, 0.1) is 11.4 Å². The van der Waals surface area contributed by atoms with Gasteiger partial charge in [-0.15, -0.1) is 0 Å². The fourth-order valence-corrected chi connectivity index (χ4v) is 10.1. The molecule has 4 nitrogen and oxygen atoms in total. The molecule has 0 spiro atoms. The maximum Gasteiger partial charge on any atom is 0.136 e. The van der Waals surface area contributed by atoms with E-state index in [9.17, 15) is 0 Å². The van der Waals surface area contributed by atoms with E-state index in [1.54, 1.807) is 0 Å². The molecule has 2 aromatic heterocycles. The smallest absolute Gasteiger partial charge is 0.136 e. The molecular formula is C62H56N2O2. The van der Waals surface area contributed by atoms with E-state index in [-0.39, 0.29) is 10.8 Å². The Balaban J connectivity index is 1.01. The molecule has 0 aliphatic carbocycles. The second kappa shape index (κ2) is 15.1. The highest BCUT2D eigenvalue weighted by Crippen LogP contribution is 2.45. The van der Waals surface area contributed by atoms with E-state index < -0.39 is 0 Å². The lowest BCUT2D eigenvalue weighted by Crippen LogP contribution is -2.15. The zero-order valence-corrected chi connectivity index (χ0v) is 39.7. The van der Waals surface area contributed by atoms with Crippen LogP contribution in [0.25, 0.3) is 65.4 Å². The first kappa shape index (κ1) is 41.4. The second-order valence-corrected chi connectivity index (χ2v) is 20.6. The van der Waals surface area contributed by atoms with E-state index in [2.05, 4.69) is 237 Å². The number of para-hydroxylation sites is 2. The summed E-state index contributed by atoms with van der Waals surface area (Å²) in [7, 11) is 0. The molecule has 0 saturated heterocycles. The number of hydrogen-bond donors (Lipinski definition) is 0. The Morgan fingerprint density at radius 2 is 0.652 bits per heavy atom. The normalized spacial score (nSPS) is 12.4. The van der Waals surface area contributed by atoms with Crippen LogP contribution in [0.3, 0.4) is 0 Å². The average Bonchev–Trinajstić information content (AvgIpc) is 3.81. The van der Waals surface area contributed by atoms with Gasteiger partial charge < -0.3 is 18.6 Å². The molecule has 0 bridgehead atoms. The van der Waals surface area contributed by atoms with Crippen molar-refractivity contribution in [3.05, 3.63) is 191 Å². The van der Waals surface area contributed by atoms with Gasteiger partial charge >= 0.3 is 0 Å². The van der Waals surface area contributed by atoms with Gasteiger partial charge in [-0.3, -0.25) is 0 Å². The van der Waals surface area contributed by atoms with Crippen LogP contribution in [-0.4, -0.2) is 0 Å². The number of benzene rings is 9. The van der Waals surface area contributed by atoms with Crippen LogP contribution in [0.5, 0.6) is 0 Å². The Morgan fingerprint density at radius 3 is 1.03 bits per heavy atom. The number of nitrogens with zero attached hydrogens (tertiary/aromatic N) is 2. The molecule has 0 unspecified atom stereocenters. The maximum atomic E-state index is 6.75. The first-order chi connectivity index (χ1) is 31.6. The third kappa shape index (κ3) is 6.98. The largest absolute Gasteiger partial charge is 0.456 e. The first-order valence-corrected chi connectivity index (χ1v) is 23.2. The van der Waals surface area contributed by atoms with Crippen LogP contribution in [-0.2, 0) is 10.8 Å². The van der Waals surface area contributed by atoms with Crippen LogP contribution in [0.15, 0.2) is 167 Å². The molecule has 0 fully saturated rings. The number of hydrogen-bond acceptors (Lipinski definition) is 4. The molecule has 0 N–H and O–H groups in total. The van der Waals surface area contributed by atoms with E-state index in [4.69, 9.17) is 8.83 Å². The summed E-state index contributed by atoms with van der Waals surface area (Å²) < 4.78 is 13.5. The van der Waals surface area contributed by atoms with Crippen molar-refractivity contribution >= 4 is 99.5 Å². The molecule has 326 valence electrons. The van der Waals surface area contributed by atoms with E-state index in [0.717, 1.165) is 88.2 Å². The van der Waals surface area contributed by atoms with Gasteiger partial charge in [-0.05, 0) is 178 Å². The molecule has 0 amide bonds. The van der Waals surface area contributed by atoms with Gasteiger partial charge in [0.25, 0.3) is 0 Å². The number of fused-ring (bicyclic) bond motifs is 8. The topological polar surface area (TPSA) is 32.8 Å². The van der Waals surface area contributed by atoms with Gasteiger partial charge in [0.2, 0.25) is 0 Å². The predicted octanol–water partition coefficient (Wildman–Crippen LogP) is 18.6. The Morgan fingerprint density at radius 1 is 0.318 bits per heavy atom. The Labute approximate surface area is 387 Å². The lowest BCUT2D eigenvalue weighted by molar-refractivity contribution is 0.590. The van der Waals surface area contributed by atoms with Crippen molar-refractivity contribution in [3.63, 3.8) is 0 Å². The van der Waals surface area contributed by atoms with Gasteiger partial charge in [0, 0.05) is 44.3 Å². The van der Waals surface area contributed by atoms with Crippen molar-refractivity contribution in [3.8, 4) is 0 Å². The molecule has 0 aliphatic heterocycles. The van der Waals surface area contributed by atoms with Gasteiger partial charge in [0.15, 0.2) is 0 Å². The predicted molar refractivity (Wildman–Crippen MR) is 282 cm³/mol. The van der Waals surface area contributed by atoms with Crippen molar-refractivity contribution in [1.29, 1.82) is 0 Å². The number of furan rings is 2. The van der Waals surface area contributed by atoms with Gasteiger partial charge in [-0.25, -0.2) is 0 Å². The highest BCUT2D eigenvalue weighted by Gasteiger charge is 2.23. The molecule has 0 atom stereocenters. The van der Waals surface area contributed by atoms with Crippen LogP contribution in [0.4, 0.5) is 34.1 Å². The van der Waals surface area contributed by atoms with Crippen molar-refractivity contribution in [2.24, 2.45) is 0 Å². The highest BCUT2D eigenvalue weighted by molar-refractivity contribution is 6.18. The third-order valence-corrected chi connectivity index (χ3v) is 13.7. The summed E-state index contributed by atoms with van der Waals surface area (Å²) >= 11 is 0. The monoisotopic (exact) mass is 860 g/mol. The number of rotatable bonds is 6. The molecule has 9 aromatic carbocycles. The molecule has 2 heterocycles. The molecular weight excluding hydrogens is 805 g/mol. The van der Waals surface area contributed by atoms with Crippen LogP contribution < -0.4 is 9.80 Å². The molecule has 11 rings (SSSR count). The van der Waals surface area contributed by atoms with Crippen molar-refractivity contribution < 1.29 is 8.83 Å². The van der Waals surface area contributed by atoms with Gasteiger partial charge in [0.1, 0.15) is 22.3 Å². The van der Waals surface area contributed by atoms with E-state index in [0.29, 0.717) is 0 Å². The lowest BCUT2D eigenvalue weighted by Gasteiger charge is -2.30. The van der Waals surface area contributed by atoms with Crippen molar-refractivity contribution in [1.82, 2.24) is 0 Å². The lowest BCUT2D eigenvalue weighted by atomic mass is 9.86. The summed E-state index contributed by atoms with van der Waals surface area (Å²) in [5.41, 5.74) is 17.9. The Hall–Kier alpha value is -7.30. The maximum absolute atomic E-state index is 6.75. The first-order valence-electron chi connectivity index (χ1n) is 23.2. The zero-order valence-electron chi connectivity index (χ0n) is 39.7. The SMILES string of the molecule is Cc1cccc(C)c1N(c1cccc(C(C)(C)C)c1)c1ccc2cc3c(cc2c1)oc1cc2c(cc13)oc1cc3cc(N(c4cccc(C(C)(C)C)c4)c4c(C)cccc4C)ccc3cc12. The van der Waals surface area contributed by atoms with Crippen LogP contribution in [0, 0.1) is 27.7 Å². The Kier molecular flexibility index (Phi) is 9.50. The van der Waals surface area contributed by atoms with Gasteiger partial charge in [-0.1, -0.05) is 114 Å². The summed E-state index contributed by atoms with van der Waals surface area (Å²) in [5, 5.41) is 8.82. The molecule has 4 heteroatoms. The summed E-state index contributed by atoms with van der Waals surface area (Å²) in [4.78, 5) is 4.83. The number of aryl methyl sites for hydroxylation is 4. The summed E-state index contributed by atoms with van der Waals surface area (Å²) in [6.07, 6.45) is 0. The molecule has 0 saturated carbocycles. The second-order valence-electron chi connectivity index (χ2n) is 20.6. The minimum absolute atomic E-state index is 0.0216. The number of anilines is 6. The van der Waals surface area contributed by atoms with E-state index >= 15 is 0 Å². The third-order valence-electron chi connectivity index (χ3n) is 13.7. The minimum atomic E-state index is 0.0216. The van der Waals surface area contributed by atoms with Gasteiger partial charge in [-0.2, -0.15) is 0 Å². The average molecular weight is 861 g/mol. The quantitative estimate of drug-likeness (QED) is 0.167. The van der Waals surface area contributed by atoms with E-state index in [1.165, 1.54) is 44.8 Å². The van der Waals surface area contributed by atoms with Crippen molar-refractivity contribution in [2.45, 2.75) is 80.1 Å². The van der Waals surface area contributed by atoms with Crippen LogP contribution in [0.2, 0.25) is 0 Å². The fraction of sp³-hybridized carbons (Fsp3) is 0.194. The summed E-state index contributed by atoms with van der Waals surface area (Å²) in [6.45, 7) is 22.5.